The Morgan fingerprint density at radius 2 is 2.29 bits per heavy atom. The topological polar surface area (TPSA) is 35.2 Å². The largest absolute Gasteiger partial charge is 0.496 e. The van der Waals surface area contributed by atoms with Crippen molar-refractivity contribution in [1.82, 2.24) is 0 Å². The lowest BCUT2D eigenvalue weighted by Crippen LogP contribution is -2.13. The first-order valence-corrected chi connectivity index (χ1v) is 6.04. The van der Waals surface area contributed by atoms with Crippen molar-refractivity contribution >= 4 is 23.4 Å². The van der Waals surface area contributed by atoms with Crippen molar-refractivity contribution in [2.24, 2.45) is 5.73 Å². The number of halogens is 1. The quantitative estimate of drug-likeness (QED) is 0.866. The molecular weight excluding hydrogens is 218 g/mol. The Morgan fingerprint density at radius 1 is 1.57 bits per heavy atom. The molecule has 0 radical (unpaired) electrons. The van der Waals surface area contributed by atoms with Gasteiger partial charge in [0, 0.05) is 22.4 Å². The van der Waals surface area contributed by atoms with Gasteiger partial charge in [-0.2, -0.15) is 11.8 Å². The van der Waals surface area contributed by atoms with Crippen LogP contribution in [-0.4, -0.2) is 19.1 Å². The fraction of sp³-hybridized carbons (Fsp3) is 0.400. The summed E-state index contributed by atoms with van der Waals surface area (Å²) in [6.07, 6.45) is 2.02. The van der Waals surface area contributed by atoms with Crippen LogP contribution in [0.5, 0.6) is 5.75 Å². The van der Waals surface area contributed by atoms with Crippen molar-refractivity contribution in [3.05, 3.63) is 28.8 Å². The van der Waals surface area contributed by atoms with Gasteiger partial charge in [0.25, 0.3) is 0 Å². The van der Waals surface area contributed by atoms with Crippen LogP contribution in [-0.2, 0) is 0 Å². The fourth-order valence-corrected chi connectivity index (χ4v) is 1.98. The normalized spacial score (nSPS) is 12.6. The zero-order valence-corrected chi connectivity index (χ0v) is 9.86. The summed E-state index contributed by atoms with van der Waals surface area (Å²) in [7, 11) is 1.64. The first-order chi connectivity index (χ1) is 6.69. The summed E-state index contributed by atoms with van der Waals surface area (Å²) in [5.41, 5.74) is 6.96. The van der Waals surface area contributed by atoms with E-state index in [0.29, 0.717) is 5.02 Å². The second-order valence-electron chi connectivity index (χ2n) is 2.95. The lowest BCUT2D eigenvalue weighted by Gasteiger charge is -2.14. The Bertz CT molecular complexity index is 306. The molecule has 0 heterocycles. The number of rotatable bonds is 4. The zero-order valence-electron chi connectivity index (χ0n) is 8.29. The summed E-state index contributed by atoms with van der Waals surface area (Å²) in [5, 5.41) is 0.692. The number of hydrogen-bond donors (Lipinski definition) is 1. The molecule has 1 aromatic carbocycles. The van der Waals surface area contributed by atoms with Gasteiger partial charge < -0.3 is 10.5 Å². The second-order valence-corrected chi connectivity index (χ2v) is 4.30. The summed E-state index contributed by atoms with van der Waals surface area (Å²) in [6, 6.07) is 5.48. The molecule has 0 aliphatic heterocycles. The SMILES string of the molecule is COc1ccc(Cl)cc1C(N)CSC. The molecule has 0 aromatic heterocycles. The third-order valence-electron chi connectivity index (χ3n) is 1.94. The van der Waals surface area contributed by atoms with Crippen LogP contribution >= 0.6 is 23.4 Å². The number of methoxy groups -OCH3 is 1. The Hall–Kier alpha value is -0.380. The highest BCUT2D eigenvalue weighted by molar-refractivity contribution is 7.98. The Labute approximate surface area is 93.8 Å². The van der Waals surface area contributed by atoms with Gasteiger partial charge in [-0.15, -0.1) is 0 Å². The van der Waals surface area contributed by atoms with Crippen molar-refractivity contribution < 1.29 is 4.74 Å². The third kappa shape index (κ3) is 2.80. The molecule has 1 unspecified atom stereocenters. The minimum Gasteiger partial charge on any atom is -0.496 e. The second kappa shape index (κ2) is 5.49. The molecule has 14 heavy (non-hydrogen) atoms. The van der Waals surface area contributed by atoms with Gasteiger partial charge in [-0.25, -0.2) is 0 Å². The van der Waals surface area contributed by atoms with E-state index < -0.39 is 0 Å². The van der Waals surface area contributed by atoms with Crippen LogP contribution in [0, 0.1) is 0 Å². The van der Waals surface area contributed by atoms with Crippen molar-refractivity contribution in [1.29, 1.82) is 0 Å². The smallest absolute Gasteiger partial charge is 0.123 e. The van der Waals surface area contributed by atoms with Gasteiger partial charge in [-0.1, -0.05) is 11.6 Å². The van der Waals surface area contributed by atoms with E-state index in [1.165, 1.54) is 0 Å². The van der Waals surface area contributed by atoms with E-state index in [1.807, 2.05) is 18.4 Å². The van der Waals surface area contributed by atoms with E-state index in [9.17, 15) is 0 Å². The molecule has 0 spiro atoms. The molecular formula is C10H14ClNOS. The maximum Gasteiger partial charge on any atom is 0.123 e. The fourth-order valence-electron chi connectivity index (χ4n) is 1.26. The highest BCUT2D eigenvalue weighted by atomic mass is 35.5. The number of benzene rings is 1. The van der Waals surface area contributed by atoms with Crippen LogP contribution in [0.2, 0.25) is 5.02 Å². The van der Waals surface area contributed by atoms with Crippen LogP contribution in [0.25, 0.3) is 0 Å². The van der Waals surface area contributed by atoms with Crippen LogP contribution < -0.4 is 10.5 Å². The molecule has 1 rings (SSSR count). The number of thioether (sulfide) groups is 1. The van der Waals surface area contributed by atoms with Gasteiger partial charge in [0.1, 0.15) is 5.75 Å². The molecule has 78 valence electrons. The molecule has 0 fully saturated rings. The highest BCUT2D eigenvalue weighted by Crippen LogP contribution is 2.28. The highest BCUT2D eigenvalue weighted by Gasteiger charge is 2.11. The Kier molecular flexibility index (Phi) is 4.58. The number of nitrogens with two attached hydrogens (primary N) is 1. The van der Waals surface area contributed by atoms with E-state index in [1.54, 1.807) is 24.9 Å². The van der Waals surface area contributed by atoms with Crippen LogP contribution in [0.1, 0.15) is 11.6 Å². The molecule has 0 bridgehead atoms. The van der Waals surface area contributed by atoms with Gasteiger partial charge in [-0.3, -0.25) is 0 Å². The molecule has 0 amide bonds. The molecule has 1 aromatic rings. The van der Waals surface area contributed by atoms with Gasteiger partial charge in [0.15, 0.2) is 0 Å². The average Bonchev–Trinajstić information content (AvgIpc) is 2.18. The summed E-state index contributed by atoms with van der Waals surface area (Å²) in [6.45, 7) is 0. The maximum atomic E-state index is 5.99. The zero-order chi connectivity index (χ0) is 10.6. The molecule has 2 nitrogen and oxygen atoms in total. The minimum absolute atomic E-state index is 0.0290. The van der Waals surface area contributed by atoms with E-state index in [2.05, 4.69) is 0 Å². The summed E-state index contributed by atoms with van der Waals surface area (Å²) >= 11 is 7.61. The lowest BCUT2D eigenvalue weighted by molar-refractivity contribution is 0.407. The van der Waals surface area contributed by atoms with E-state index in [4.69, 9.17) is 22.1 Å². The molecule has 0 saturated heterocycles. The van der Waals surface area contributed by atoms with Crippen LogP contribution in [0.4, 0.5) is 0 Å². The molecule has 1 atom stereocenters. The van der Waals surface area contributed by atoms with E-state index in [0.717, 1.165) is 17.1 Å². The minimum atomic E-state index is -0.0290. The standard InChI is InChI=1S/C10H14ClNOS/c1-13-10-4-3-7(11)5-8(10)9(12)6-14-2/h3-5,9H,6,12H2,1-2H3. The van der Waals surface area contributed by atoms with Crippen molar-refractivity contribution in [2.75, 3.05) is 19.1 Å². The number of ether oxygens (including phenoxy) is 1. The van der Waals surface area contributed by atoms with E-state index >= 15 is 0 Å². The summed E-state index contributed by atoms with van der Waals surface area (Å²) in [5.74, 6) is 1.66. The van der Waals surface area contributed by atoms with Crippen LogP contribution in [0.15, 0.2) is 18.2 Å². The molecule has 0 saturated carbocycles. The Morgan fingerprint density at radius 3 is 2.86 bits per heavy atom. The van der Waals surface area contributed by atoms with Gasteiger partial charge in [0.05, 0.1) is 7.11 Å². The maximum absolute atomic E-state index is 5.99. The van der Waals surface area contributed by atoms with Crippen molar-refractivity contribution in [3.63, 3.8) is 0 Å². The van der Waals surface area contributed by atoms with Crippen molar-refractivity contribution in [3.8, 4) is 5.75 Å². The summed E-state index contributed by atoms with van der Waals surface area (Å²) < 4.78 is 5.22. The number of hydrogen-bond acceptors (Lipinski definition) is 3. The predicted molar refractivity (Wildman–Crippen MR) is 63.3 cm³/mol. The van der Waals surface area contributed by atoms with Gasteiger partial charge >= 0.3 is 0 Å². The predicted octanol–water partition coefficient (Wildman–Crippen LogP) is 2.71. The van der Waals surface area contributed by atoms with E-state index in [-0.39, 0.29) is 6.04 Å². The first kappa shape index (κ1) is 11.7. The lowest BCUT2D eigenvalue weighted by atomic mass is 10.1. The van der Waals surface area contributed by atoms with Gasteiger partial charge in [0.2, 0.25) is 0 Å². The molecule has 4 heteroatoms. The Balaban J connectivity index is 2.97. The first-order valence-electron chi connectivity index (χ1n) is 4.27. The van der Waals surface area contributed by atoms with Crippen molar-refractivity contribution in [2.45, 2.75) is 6.04 Å². The molecule has 0 aliphatic rings. The monoisotopic (exact) mass is 231 g/mol. The summed E-state index contributed by atoms with van der Waals surface area (Å²) in [4.78, 5) is 0. The average molecular weight is 232 g/mol. The van der Waals surface area contributed by atoms with Crippen LogP contribution in [0.3, 0.4) is 0 Å². The molecule has 0 aliphatic carbocycles. The third-order valence-corrected chi connectivity index (χ3v) is 2.86. The van der Waals surface area contributed by atoms with Gasteiger partial charge in [-0.05, 0) is 24.5 Å². The molecule has 2 N–H and O–H groups in total.